The zero-order chi connectivity index (χ0) is 14.7. The van der Waals surface area contributed by atoms with Crippen LogP contribution in [0, 0.1) is 18.3 Å². The van der Waals surface area contributed by atoms with Gasteiger partial charge in [0.1, 0.15) is 0 Å². The van der Waals surface area contributed by atoms with Crippen molar-refractivity contribution in [2.75, 3.05) is 17.7 Å². The minimum absolute atomic E-state index is 0.136. The molecule has 0 unspecified atom stereocenters. The first-order chi connectivity index (χ1) is 9.52. The van der Waals surface area contributed by atoms with Gasteiger partial charge in [-0.25, -0.2) is 0 Å². The highest BCUT2D eigenvalue weighted by Crippen LogP contribution is 2.19. The van der Waals surface area contributed by atoms with Crippen molar-refractivity contribution < 1.29 is 4.79 Å². The van der Waals surface area contributed by atoms with Gasteiger partial charge in [0, 0.05) is 24.0 Å². The van der Waals surface area contributed by atoms with E-state index in [1.165, 1.54) is 4.90 Å². The van der Waals surface area contributed by atoms with Crippen LogP contribution in [0.5, 0.6) is 0 Å². The molecule has 2 N–H and O–H groups in total. The Bertz CT molecular complexity index is 701. The van der Waals surface area contributed by atoms with Crippen molar-refractivity contribution in [3.8, 4) is 6.07 Å². The van der Waals surface area contributed by atoms with Crippen LogP contribution in [0.4, 0.5) is 11.4 Å². The lowest BCUT2D eigenvalue weighted by Gasteiger charge is -2.18. The molecule has 0 bridgehead atoms. The van der Waals surface area contributed by atoms with Crippen molar-refractivity contribution in [1.29, 1.82) is 5.26 Å². The summed E-state index contributed by atoms with van der Waals surface area (Å²) in [5.74, 6) is -0.136. The van der Waals surface area contributed by atoms with E-state index in [1.807, 2.05) is 6.92 Å². The number of nitrogens with two attached hydrogens (primary N) is 1. The number of nitriles is 1. The van der Waals surface area contributed by atoms with E-state index >= 15 is 0 Å². The Morgan fingerprint density at radius 2 is 2.00 bits per heavy atom. The summed E-state index contributed by atoms with van der Waals surface area (Å²) >= 11 is 0. The van der Waals surface area contributed by atoms with E-state index in [9.17, 15) is 4.79 Å². The lowest BCUT2D eigenvalue weighted by atomic mass is 10.1. The fourth-order valence-corrected chi connectivity index (χ4v) is 1.90. The highest BCUT2D eigenvalue weighted by atomic mass is 16.2. The maximum Gasteiger partial charge on any atom is 0.258 e. The van der Waals surface area contributed by atoms with Crippen molar-refractivity contribution >= 4 is 17.3 Å². The average molecular weight is 265 g/mol. The number of amides is 1. The standard InChI is InChI=1S/C16H15N3O/c1-11-8-13(6-7-15(11)18)16(20)19(2)14-5-3-4-12(9-14)10-17/h3-9H,18H2,1-2H3. The molecule has 4 heteroatoms. The van der Waals surface area contributed by atoms with Crippen LogP contribution in [0.2, 0.25) is 0 Å². The molecule has 2 aromatic rings. The topological polar surface area (TPSA) is 70.1 Å². The first-order valence-corrected chi connectivity index (χ1v) is 6.17. The first kappa shape index (κ1) is 13.6. The second-order valence-corrected chi connectivity index (χ2v) is 4.60. The Kier molecular flexibility index (Phi) is 3.72. The van der Waals surface area contributed by atoms with Crippen molar-refractivity contribution in [3.63, 3.8) is 0 Å². The van der Waals surface area contributed by atoms with E-state index in [4.69, 9.17) is 11.0 Å². The Balaban J connectivity index is 2.32. The molecule has 0 radical (unpaired) electrons. The van der Waals surface area contributed by atoms with Crippen LogP contribution in [0.1, 0.15) is 21.5 Å². The normalized spacial score (nSPS) is 9.85. The number of benzene rings is 2. The SMILES string of the molecule is Cc1cc(C(=O)N(C)c2cccc(C#N)c2)ccc1N. The molecule has 4 nitrogen and oxygen atoms in total. The molecular formula is C16H15N3O. The molecule has 0 aliphatic heterocycles. The molecule has 20 heavy (non-hydrogen) atoms. The molecule has 0 aromatic heterocycles. The van der Waals surface area contributed by atoms with Crippen LogP contribution in [0.3, 0.4) is 0 Å². The summed E-state index contributed by atoms with van der Waals surface area (Å²) in [7, 11) is 1.69. The van der Waals surface area contributed by atoms with Crippen LogP contribution in [0.15, 0.2) is 42.5 Å². The summed E-state index contributed by atoms with van der Waals surface area (Å²) in [5.41, 5.74) is 9.06. The second-order valence-electron chi connectivity index (χ2n) is 4.60. The number of nitrogens with zero attached hydrogens (tertiary/aromatic N) is 2. The van der Waals surface area contributed by atoms with E-state index in [0.29, 0.717) is 22.5 Å². The van der Waals surface area contributed by atoms with E-state index in [0.717, 1.165) is 5.56 Å². The van der Waals surface area contributed by atoms with Gasteiger partial charge < -0.3 is 10.6 Å². The van der Waals surface area contributed by atoms with E-state index in [-0.39, 0.29) is 5.91 Å². The zero-order valence-corrected chi connectivity index (χ0v) is 11.4. The molecule has 2 rings (SSSR count). The third-order valence-corrected chi connectivity index (χ3v) is 3.18. The van der Waals surface area contributed by atoms with Crippen molar-refractivity contribution in [1.82, 2.24) is 0 Å². The van der Waals surface area contributed by atoms with Gasteiger partial charge in [-0.1, -0.05) is 6.07 Å². The van der Waals surface area contributed by atoms with Crippen LogP contribution < -0.4 is 10.6 Å². The van der Waals surface area contributed by atoms with Gasteiger partial charge >= 0.3 is 0 Å². The molecule has 2 aromatic carbocycles. The Morgan fingerprint density at radius 3 is 2.65 bits per heavy atom. The summed E-state index contributed by atoms with van der Waals surface area (Å²) in [5, 5.41) is 8.90. The van der Waals surface area contributed by atoms with Crippen LogP contribution in [0.25, 0.3) is 0 Å². The smallest absolute Gasteiger partial charge is 0.258 e. The number of rotatable bonds is 2. The van der Waals surface area contributed by atoms with Crippen molar-refractivity contribution in [2.45, 2.75) is 6.92 Å². The third-order valence-electron chi connectivity index (χ3n) is 3.18. The van der Waals surface area contributed by atoms with E-state index in [1.54, 1.807) is 49.5 Å². The quantitative estimate of drug-likeness (QED) is 0.849. The van der Waals surface area contributed by atoms with Gasteiger partial charge in [-0.15, -0.1) is 0 Å². The maximum absolute atomic E-state index is 12.4. The van der Waals surface area contributed by atoms with Gasteiger partial charge in [-0.2, -0.15) is 5.26 Å². The second kappa shape index (κ2) is 5.45. The number of hydrogen-bond donors (Lipinski definition) is 1. The molecule has 0 spiro atoms. The van der Waals surface area contributed by atoms with E-state index < -0.39 is 0 Å². The average Bonchev–Trinajstić information content (AvgIpc) is 2.48. The number of aryl methyl sites for hydroxylation is 1. The molecule has 0 fully saturated rings. The fraction of sp³-hybridized carbons (Fsp3) is 0.125. The maximum atomic E-state index is 12.4. The Morgan fingerprint density at radius 1 is 1.25 bits per heavy atom. The summed E-state index contributed by atoms with van der Waals surface area (Å²) in [6.07, 6.45) is 0. The fourth-order valence-electron chi connectivity index (χ4n) is 1.90. The molecule has 0 saturated carbocycles. The van der Waals surface area contributed by atoms with Crippen LogP contribution in [-0.4, -0.2) is 13.0 Å². The van der Waals surface area contributed by atoms with Crippen molar-refractivity contribution in [3.05, 3.63) is 59.2 Å². The third kappa shape index (κ3) is 2.62. The summed E-state index contributed by atoms with van der Waals surface area (Å²) < 4.78 is 0. The van der Waals surface area contributed by atoms with Crippen molar-refractivity contribution in [2.24, 2.45) is 0 Å². The molecule has 100 valence electrons. The molecular weight excluding hydrogens is 250 g/mol. The lowest BCUT2D eigenvalue weighted by Crippen LogP contribution is -2.26. The van der Waals surface area contributed by atoms with Gasteiger partial charge in [-0.05, 0) is 48.9 Å². The van der Waals surface area contributed by atoms with Crippen LogP contribution in [-0.2, 0) is 0 Å². The predicted octanol–water partition coefficient (Wildman–Crippen LogP) is 2.73. The predicted molar refractivity (Wildman–Crippen MR) is 79.5 cm³/mol. The van der Waals surface area contributed by atoms with Gasteiger partial charge in [0.25, 0.3) is 5.91 Å². The highest BCUT2D eigenvalue weighted by Gasteiger charge is 2.14. The highest BCUT2D eigenvalue weighted by molar-refractivity contribution is 6.06. The number of anilines is 2. The largest absolute Gasteiger partial charge is 0.399 e. The summed E-state index contributed by atoms with van der Waals surface area (Å²) in [6, 6.07) is 14.2. The molecule has 1 amide bonds. The molecule has 0 heterocycles. The summed E-state index contributed by atoms with van der Waals surface area (Å²) in [4.78, 5) is 13.9. The Labute approximate surface area is 118 Å². The molecule has 0 aliphatic rings. The minimum Gasteiger partial charge on any atom is -0.399 e. The number of carbonyl (C=O) groups excluding carboxylic acids is 1. The van der Waals surface area contributed by atoms with Gasteiger partial charge in [-0.3, -0.25) is 4.79 Å². The van der Waals surface area contributed by atoms with Gasteiger partial charge in [0.15, 0.2) is 0 Å². The minimum atomic E-state index is -0.136. The lowest BCUT2D eigenvalue weighted by molar-refractivity contribution is 0.0993. The number of carbonyl (C=O) groups is 1. The van der Waals surface area contributed by atoms with Crippen LogP contribution >= 0.6 is 0 Å². The first-order valence-electron chi connectivity index (χ1n) is 6.17. The molecule has 0 aliphatic carbocycles. The Hall–Kier alpha value is -2.80. The number of hydrogen-bond acceptors (Lipinski definition) is 3. The zero-order valence-electron chi connectivity index (χ0n) is 11.4. The molecule has 0 saturated heterocycles. The van der Waals surface area contributed by atoms with Gasteiger partial charge in [0.2, 0.25) is 0 Å². The monoisotopic (exact) mass is 265 g/mol. The van der Waals surface area contributed by atoms with Gasteiger partial charge in [0.05, 0.1) is 11.6 Å². The molecule has 0 atom stereocenters. The number of nitrogen functional groups attached to an aromatic ring is 1. The summed E-state index contributed by atoms with van der Waals surface area (Å²) in [6.45, 7) is 1.86. The van der Waals surface area contributed by atoms with E-state index in [2.05, 4.69) is 6.07 Å².